The van der Waals surface area contributed by atoms with Crippen LogP contribution in [0, 0.1) is 5.92 Å². The van der Waals surface area contributed by atoms with Crippen LogP contribution in [0.3, 0.4) is 0 Å². The van der Waals surface area contributed by atoms with E-state index >= 15 is 0 Å². The molecule has 1 aromatic rings. The van der Waals surface area contributed by atoms with Crippen LogP contribution in [-0.2, 0) is 16.0 Å². The molecule has 5 nitrogen and oxygen atoms in total. The Hall–Kier alpha value is -1.88. The number of nitrogens with one attached hydrogen (secondary N) is 1. The Labute approximate surface area is 119 Å². The highest BCUT2D eigenvalue weighted by molar-refractivity contribution is 5.90. The topological polar surface area (TPSA) is 92.4 Å². The lowest BCUT2D eigenvalue weighted by atomic mass is 10.0. The first kappa shape index (κ1) is 16.2. The molecule has 20 heavy (non-hydrogen) atoms. The molecular formula is C15H22N2O3. The van der Waals surface area contributed by atoms with E-state index in [1.54, 1.807) is 24.3 Å². The minimum absolute atomic E-state index is 0.0444. The van der Waals surface area contributed by atoms with Gasteiger partial charge in [-0.2, -0.15) is 0 Å². The van der Waals surface area contributed by atoms with E-state index in [-0.39, 0.29) is 12.3 Å². The van der Waals surface area contributed by atoms with Crippen LogP contribution >= 0.6 is 0 Å². The summed E-state index contributed by atoms with van der Waals surface area (Å²) in [6.07, 6.45) is 2.13. The van der Waals surface area contributed by atoms with Gasteiger partial charge in [0.25, 0.3) is 0 Å². The van der Waals surface area contributed by atoms with Crippen LogP contribution in [0.1, 0.15) is 31.7 Å². The van der Waals surface area contributed by atoms with Gasteiger partial charge in [0.1, 0.15) is 0 Å². The predicted octanol–water partition coefficient (Wildman–Crippen LogP) is 2.02. The minimum atomic E-state index is -0.885. The average molecular weight is 278 g/mol. The summed E-state index contributed by atoms with van der Waals surface area (Å²) in [6.45, 7) is 2.72. The summed E-state index contributed by atoms with van der Waals surface area (Å²) >= 11 is 0. The Morgan fingerprint density at radius 1 is 1.35 bits per heavy atom. The first-order valence-corrected chi connectivity index (χ1v) is 6.82. The molecule has 0 aliphatic heterocycles. The van der Waals surface area contributed by atoms with Crippen molar-refractivity contribution in [3.8, 4) is 0 Å². The van der Waals surface area contributed by atoms with E-state index < -0.39 is 5.97 Å². The highest BCUT2D eigenvalue weighted by Gasteiger charge is 2.07. The van der Waals surface area contributed by atoms with Crippen molar-refractivity contribution in [1.29, 1.82) is 0 Å². The van der Waals surface area contributed by atoms with Crippen molar-refractivity contribution in [2.24, 2.45) is 11.7 Å². The van der Waals surface area contributed by atoms with Crippen LogP contribution in [0.2, 0.25) is 0 Å². The van der Waals surface area contributed by atoms with Crippen molar-refractivity contribution in [2.75, 3.05) is 11.9 Å². The number of nitrogens with two attached hydrogens (primary N) is 1. The number of carbonyl (C=O) groups is 2. The fourth-order valence-electron chi connectivity index (χ4n) is 1.96. The SMILES string of the molecule is CC(CCN)CCC(=O)Nc1cccc(CC(=O)O)c1. The molecule has 0 saturated carbocycles. The maximum Gasteiger partial charge on any atom is 0.307 e. The lowest BCUT2D eigenvalue weighted by molar-refractivity contribution is -0.136. The van der Waals surface area contributed by atoms with Gasteiger partial charge in [-0.25, -0.2) is 0 Å². The number of carbonyl (C=O) groups excluding carboxylic acids is 1. The molecule has 5 heteroatoms. The molecular weight excluding hydrogens is 256 g/mol. The van der Waals surface area contributed by atoms with E-state index in [0.717, 1.165) is 12.8 Å². The molecule has 0 fully saturated rings. The third kappa shape index (κ3) is 6.33. The molecule has 1 rings (SSSR count). The molecule has 4 N–H and O–H groups in total. The van der Waals surface area contributed by atoms with Gasteiger partial charge in [-0.3, -0.25) is 9.59 Å². The first-order valence-electron chi connectivity index (χ1n) is 6.82. The van der Waals surface area contributed by atoms with Crippen molar-refractivity contribution in [3.05, 3.63) is 29.8 Å². The molecule has 1 atom stereocenters. The Morgan fingerprint density at radius 2 is 2.10 bits per heavy atom. The summed E-state index contributed by atoms with van der Waals surface area (Å²) in [5.74, 6) is -0.505. The third-order valence-electron chi connectivity index (χ3n) is 3.09. The highest BCUT2D eigenvalue weighted by atomic mass is 16.4. The Balaban J connectivity index is 2.47. The number of anilines is 1. The van der Waals surface area contributed by atoms with Crippen molar-refractivity contribution < 1.29 is 14.7 Å². The smallest absolute Gasteiger partial charge is 0.307 e. The summed E-state index contributed by atoms with van der Waals surface area (Å²) < 4.78 is 0. The monoisotopic (exact) mass is 278 g/mol. The Morgan fingerprint density at radius 3 is 2.75 bits per heavy atom. The predicted molar refractivity (Wildman–Crippen MR) is 78.5 cm³/mol. The van der Waals surface area contributed by atoms with E-state index in [9.17, 15) is 9.59 Å². The van der Waals surface area contributed by atoms with Crippen molar-refractivity contribution in [3.63, 3.8) is 0 Å². The zero-order valence-electron chi connectivity index (χ0n) is 11.8. The number of benzene rings is 1. The number of rotatable bonds is 8. The molecule has 0 aliphatic rings. The standard InChI is InChI=1S/C15H22N2O3/c1-11(7-8-16)5-6-14(18)17-13-4-2-3-12(9-13)10-15(19)20/h2-4,9,11H,5-8,10,16H2,1H3,(H,17,18)(H,19,20). The van der Waals surface area contributed by atoms with Gasteiger partial charge in [-0.05, 0) is 43.0 Å². The fourth-order valence-corrected chi connectivity index (χ4v) is 1.96. The van der Waals surface area contributed by atoms with E-state index in [1.165, 1.54) is 0 Å². The summed E-state index contributed by atoms with van der Waals surface area (Å²) in [6, 6.07) is 6.92. The number of hydrogen-bond acceptors (Lipinski definition) is 3. The van der Waals surface area contributed by atoms with Gasteiger partial charge in [0, 0.05) is 12.1 Å². The second-order valence-electron chi connectivity index (χ2n) is 5.04. The maximum atomic E-state index is 11.8. The van der Waals surface area contributed by atoms with Crippen LogP contribution < -0.4 is 11.1 Å². The van der Waals surface area contributed by atoms with Crippen molar-refractivity contribution in [2.45, 2.75) is 32.6 Å². The van der Waals surface area contributed by atoms with Gasteiger partial charge < -0.3 is 16.2 Å². The van der Waals surface area contributed by atoms with Crippen LogP contribution in [-0.4, -0.2) is 23.5 Å². The van der Waals surface area contributed by atoms with E-state index in [4.69, 9.17) is 10.8 Å². The Kier molecular flexibility index (Phi) is 6.73. The third-order valence-corrected chi connectivity index (χ3v) is 3.09. The molecule has 0 aromatic heterocycles. The molecule has 0 bridgehead atoms. The van der Waals surface area contributed by atoms with E-state index in [0.29, 0.717) is 30.1 Å². The lowest BCUT2D eigenvalue weighted by Crippen LogP contribution is -2.14. The molecule has 1 amide bonds. The summed E-state index contributed by atoms with van der Waals surface area (Å²) in [5, 5.41) is 11.5. The van der Waals surface area contributed by atoms with Crippen LogP contribution in [0.25, 0.3) is 0 Å². The molecule has 0 aliphatic carbocycles. The number of hydrogen-bond donors (Lipinski definition) is 3. The summed E-state index contributed by atoms with van der Waals surface area (Å²) in [7, 11) is 0. The van der Waals surface area contributed by atoms with Gasteiger partial charge in [0.2, 0.25) is 5.91 Å². The summed E-state index contributed by atoms with van der Waals surface area (Å²) in [4.78, 5) is 22.4. The van der Waals surface area contributed by atoms with Crippen molar-refractivity contribution >= 4 is 17.6 Å². The summed E-state index contributed by atoms with van der Waals surface area (Å²) in [5.41, 5.74) is 6.78. The highest BCUT2D eigenvalue weighted by Crippen LogP contribution is 2.14. The average Bonchev–Trinajstić information content (AvgIpc) is 2.36. The normalized spacial score (nSPS) is 11.9. The maximum absolute atomic E-state index is 11.8. The zero-order valence-corrected chi connectivity index (χ0v) is 11.8. The molecule has 0 saturated heterocycles. The fraction of sp³-hybridized carbons (Fsp3) is 0.467. The van der Waals surface area contributed by atoms with Gasteiger partial charge >= 0.3 is 5.97 Å². The quantitative estimate of drug-likeness (QED) is 0.678. The van der Waals surface area contributed by atoms with Gasteiger partial charge in [-0.1, -0.05) is 19.1 Å². The molecule has 1 unspecified atom stereocenters. The number of amides is 1. The number of aliphatic carboxylic acids is 1. The first-order chi connectivity index (χ1) is 9.51. The van der Waals surface area contributed by atoms with Gasteiger partial charge in [0.15, 0.2) is 0 Å². The van der Waals surface area contributed by atoms with Gasteiger partial charge in [0.05, 0.1) is 6.42 Å². The second-order valence-corrected chi connectivity index (χ2v) is 5.04. The molecule has 0 radical (unpaired) electrons. The molecule has 0 spiro atoms. The minimum Gasteiger partial charge on any atom is -0.481 e. The van der Waals surface area contributed by atoms with Crippen LogP contribution in [0.4, 0.5) is 5.69 Å². The Bertz CT molecular complexity index is 460. The van der Waals surface area contributed by atoms with Crippen molar-refractivity contribution in [1.82, 2.24) is 0 Å². The largest absolute Gasteiger partial charge is 0.481 e. The van der Waals surface area contributed by atoms with Gasteiger partial charge in [-0.15, -0.1) is 0 Å². The van der Waals surface area contributed by atoms with E-state index in [1.807, 2.05) is 0 Å². The van der Waals surface area contributed by atoms with E-state index in [2.05, 4.69) is 12.2 Å². The molecule has 110 valence electrons. The molecule has 0 heterocycles. The zero-order chi connectivity index (χ0) is 15.0. The number of carboxylic acids is 1. The number of carboxylic acid groups (broad SMARTS) is 1. The second kappa shape index (κ2) is 8.32. The molecule has 1 aromatic carbocycles. The van der Waals surface area contributed by atoms with Crippen LogP contribution in [0.15, 0.2) is 24.3 Å². The van der Waals surface area contributed by atoms with Crippen LogP contribution in [0.5, 0.6) is 0 Å². The lowest BCUT2D eigenvalue weighted by Gasteiger charge is -2.10.